The van der Waals surface area contributed by atoms with E-state index in [1.165, 1.54) is 6.07 Å². The predicted octanol–water partition coefficient (Wildman–Crippen LogP) is 3.97. The largest absolute Gasteiger partial charge is 0.419 e. The van der Waals surface area contributed by atoms with E-state index in [1.807, 2.05) is 18.7 Å². The van der Waals surface area contributed by atoms with Crippen LogP contribution in [-0.2, 0) is 6.18 Å². The quantitative estimate of drug-likeness (QED) is 0.772. The summed E-state index contributed by atoms with van der Waals surface area (Å²) < 4.78 is 51.8. The monoisotopic (exact) mass is 306 g/mol. The molecule has 2 N–H and O–H groups in total. The second-order valence-electron chi connectivity index (χ2n) is 5.02. The molecule has 1 aromatic carbocycles. The van der Waals surface area contributed by atoms with Gasteiger partial charge in [-0.15, -0.1) is 0 Å². The zero-order chi connectivity index (χ0) is 16.0. The SMILES string of the molecule is CCCN(CCC)C(CN)c1ccc(F)c(C(F)(F)F)c1. The van der Waals surface area contributed by atoms with E-state index in [4.69, 9.17) is 5.73 Å². The van der Waals surface area contributed by atoms with Crippen LogP contribution in [0.1, 0.15) is 43.9 Å². The van der Waals surface area contributed by atoms with Gasteiger partial charge in [0.1, 0.15) is 5.82 Å². The van der Waals surface area contributed by atoms with Gasteiger partial charge in [0, 0.05) is 12.6 Å². The van der Waals surface area contributed by atoms with E-state index in [0.29, 0.717) is 5.56 Å². The molecule has 0 bridgehead atoms. The van der Waals surface area contributed by atoms with Crippen molar-refractivity contribution in [1.82, 2.24) is 4.90 Å². The normalized spacial score (nSPS) is 13.7. The van der Waals surface area contributed by atoms with Crippen molar-refractivity contribution in [1.29, 1.82) is 0 Å². The van der Waals surface area contributed by atoms with Crippen LogP contribution >= 0.6 is 0 Å². The maximum Gasteiger partial charge on any atom is 0.419 e. The molecule has 0 aliphatic carbocycles. The molecule has 0 aromatic heterocycles. The maximum absolute atomic E-state index is 13.4. The number of hydrogen-bond acceptors (Lipinski definition) is 2. The van der Waals surface area contributed by atoms with E-state index in [9.17, 15) is 17.6 Å². The van der Waals surface area contributed by atoms with Gasteiger partial charge in [0.2, 0.25) is 0 Å². The van der Waals surface area contributed by atoms with E-state index in [-0.39, 0.29) is 12.6 Å². The highest BCUT2D eigenvalue weighted by molar-refractivity contribution is 5.29. The average Bonchev–Trinajstić information content (AvgIpc) is 2.40. The average molecular weight is 306 g/mol. The molecule has 1 unspecified atom stereocenters. The van der Waals surface area contributed by atoms with Crippen LogP contribution in [0.5, 0.6) is 0 Å². The van der Waals surface area contributed by atoms with Gasteiger partial charge in [0.05, 0.1) is 5.56 Å². The summed E-state index contributed by atoms with van der Waals surface area (Å²) in [6, 6.07) is 2.81. The Morgan fingerprint density at radius 3 is 2.14 bits per heavy atom. The molecule has 1 atom stereocenters. The van der Waals surface area contributed by atoms with Gasteiger partial charge in [-0.25, -0.2) is 4.39 Å². The van der Waals surface area contributed by atoms with E-state index < -0.39 is 17.6 Å². The molecular formula is C15H22F4N2. The summed E-state index contributed by atoms with van der Waals surface area (Å²) in [5.41, 5.74) is 4.93. The van der Waals surface area contributed by atoms with E-state index in [2.05, 4.69) is 0 Å². The lowest BCUT2D eigenvalue weighted by atomic mass is 10.0. The Morgan fingerprint density at radius 1 is 1.14 bits per heavy atom. The molecule has 21 heavy (non-hydrogen) atoms. The van der Waals surface area contributed by atoms with Gasteiger partial charge in [-0.05, 0) is 43.6 Å². The number of benzene rings is 1. The van der Waals surface area contributed by atoms with Crippen molar-refractivity contribution in [3.05, 3.63) is 35.1 Å². The summed E-state index contributed by atoms with van der Waals surface area (Å²) in [5.74, 6) is -1.25. The number of alkyl halides is 3. The van der Waals surface area contributed by atoms with Crippen molar-refractivity contribution < 1.29 is 17.6 Å². The summed E-state index contributed by atoms with van der Waals surface area (Å²) in [6.45, 7) is 5.69. The fraction of sp³-hybridized carbons (Fsp3) is 0.600. The molecule has 1 aromatic rings. The minimum absolute atomic E-state index is 0.197. The van der Waals surface area contributed by atoms with Crippen LogP contribution in [0.3, 0.4) is 0 Å². The van der Waals surface area contributed by atoms with Crippen molar-refractivity contribution in [2.24, 2.45) is 5.73 Å². The lowest BCUT2D eigenvalue weighted by Crippen LogP contribution is -2.35. The summed E-state index contributed by atoms with van der Waals surface area (Å²) in [7, 11) is 0. The fourth-order valence-electron chi connectivity index (χ4n) is 2.46. The molecule has 0 fully saturated rings. The smallest absolute Gasteiger partial charge is 0.329 e. The Balaban J connectivity index is 3.15. The van der Waals surface area contributed by atoms with Crippen LogP contribution < -0.4 is 5.73 Å². The molecule has 2 nitrogen and oxygen atoms in total. The second-order valence-corrected chi connectivity index (χ2v) is 5.02. The van der Waals surface area contributed by atoms with Gasteiger partial charge in [0.15, 0.2) is 0 Å². The van der Waals surface area contributed by atoms with Gasteiger partial charge < -0.3 is 5.73 Å². The number of nitrogens with zero attached hydrogens (tertiary/aromatic N) is 1. The van der Waals surface area contributed by atoms with Crippen LogP contribution in [0, 0.1) is 5.82 Å². The summed E-state index contributed by atoms with van der Waals surface area (Å²) in [4.78, 5) is 2.05. The molecule has 6 heteroatoms. The van der Waals surface area contributed by atoms with Gasteiger partial charge in [-0.1, -0.05) is 19.9 Å². The Bertz CT molecular complexity index is 440. The Morgan fingerprint density at radius 2 is 1.71 bits per heavy atom. The molecule has 0 heterocycles. The van der Waals surface area contributed by atoms with Crippen LogP contribution in [0.25, 0.3) is 0 Å². The molecule has 0 amide bonds. The lowest BCUT2D eigenvalue weighted by molar-refractivity contribution is -0.140. The zero-order valence-electron chi connectivity index (χ0n) is 12.4. The Kier molecular flexibility index (Phi) is 6.61. The summed E-state index contributed by atoms with van der Waals surface area (Å²) in [6.07, 6.45) is -2.94. The first-order valence-electron chi connectivity index (χ1n) is 7.15. The van der Waals surface area contributed by atoms with Gasteiger partial charge >= 0.3 is 6.18 Å². The second kappa shape index (κ2) is 7.75. The van der Waals surface area contributed by atoms with E-state index in [1.54, 1.807) is 0 Å². The third-order valence-electron chi connectivity index (χ3n) is 3.37. The molecule has 0 radical (unpaired) electrons. The first-order chi connectivity index (χ1) is 9.85. The maximum atomic E-state index is 13.4. The van der Waals surface area contributed by atoms with Crippen LogP contribution in [0.4, 0.5) is 17.6 Å². The van der Waals surface area contributed by atoms with Crippen molar-refractivity contribution in [3.63, 3.8) is 0 Å². The zero-order valence-corrected chi connectivity index (χ0v) is 12.4. The number of nitrogens with two attached hydrogens (primary N) is 1. The third-order valence-corrected chi connectivity index (χ3v) is 3.37. The molecule has 0 aliphatic heterocycles. The highest BCUT2D eigenvalue weighted by Gasteiger charge is 2.35. The van der Waals surface area contributed by atoms with Gasteiger partial charge in [-0.3, -0.25) is 4.90 Å². The van der Waals surface area contributed by atoms with Crippen molar-refractivity contribution in [3.8, 4) is 0 Å². The number of hydrogen-bond donors (Lipinski definition) is 1. The topological polar surface area (TPSA) is 29.3 Å². The molecular weight excluding hydrogens is 284 g/mol. The fourth-order valence-corrected chi connectivity index (χ4v) is 2.46. The van der Waals surface area contributed by atoms with Gasteiger partial charge in [0.25, 0.3) is 0 Å². The molecule has 0 spiro atoms. The highest BCUT2D eigenvalue weighted by Crippen LogP contribution is 2.33. The van der Waals surface area contributed by atoms with Crippen LogP contribution in [0.15, 0.2) is 18.2 Å². The van der Waals surface area contributed by atoms with Crippen molar-refractivity contribution in [2.45, 2.75) is 38.9 Å². The predicted molar refractivity (Wildman–Crippen MR) is 75.4 cm³/mol. The van der Waals surface area contributed by atoms with Crippen molar-refractivity contribution in [2.75, 3.05) is 19.6 Å². The number of halogens is 4. The molecule has 1 rings (SSSR count). The Hall–Kier alpha value is -1.14. The lowest BCUT2D eigenvalue weighted by Gasteiger charge is -2.31. The van der Waals surface area contributed by atoms with E-state index >= 15 is 0 Å². The minimum Gasteiger partial charge on any atom is -0.329 e. The molecule has 120 valence electrons. The van der Waals surface area contributed by atoms with Crippen LogP contribution in [-0.4, -0.2) is 24.5 Å². The van der Waals surface area contributed by atoms with Crippen LogP contribution in [0.2, 0.25) is 0 Å². The Labute approximate surface area is 122 Å². The molecule has 0 saturated heterocycles. The van der Waals surface area contributed by atoms with Gasteiger partial charge in [-0.2, -0.15) is 13.2 Å². The first-order valence-corrected chi connectivity index (χ1v) is 7.15. The molecule has 0 saturated carbocycles. The van der Waals surface area contributed by atoms with E-state index in [0.717, 1.165) is 38.1 Å². The summed E-state index contributed by atoms with van der Waals surface area (Å²) >= 11 is 0. The number of rotatable bonds is 7. The van der Waals surface area contributed by atoms with Crippen molar-refractivity contribution >= 4 is 0 Å². The third kappa shape index (κ3) is 4.68. The first kappa shape index (κ1) is 17.9. The highest BCUT2D eigenvalue weighted by atomic mass is 19.4. The standard InChI is InChI=1S/C15H22F4N2/c1-3-7-21(8-4-2)14(10-20)11-5-6-13(16)12(9-11)15(17,18)19/h5-6,9,14H,3-4,7-8,10,20H2,1-2H3. The molecule has 0 aliphatic rings. The minimum atomic E-state index is -4.69. The summed E-state index contributed by atoms with van der Waals surface area (Å²) in [5, 5.41) is 0.